The Hall–Kier alpha value is -0.930. The van der Waals surface area contributed by atoms with E-state index in [0.29, 0.717) is 16.8 Å². The molecule has 0 saturated carbocycles. The van der Waals surface area contributed by atoms with Crippen LogP contribution in [0.25, 0.3) is 10.2 Å². The molecule has 0 aliphatic carbocycles. The average Bonchev–Trinajstić information content (AvgIpc) is 3.03. The Labute approximate surface area is 177 Å². The number of fused-ring (bicyclic) bond motifs is 1. The number of rotatable bonds is 6. The normalized spacial score (nSPS) is 11.5. The van der Waals surface area contributed by atoms with Crippen molar-refractivity contribution in [3.05, 3.63) is 29.3 Å². The zero-order valence-electron chi connectivity index (χ0n) is 16.4. The van der Waals surface area contributed by atoms with E-state index < -0.39 is 5.92 Å². The maximum Gasteiger partial charge on any atom is 0.196 e. The second kappa shape index (κ2) is 14.1. The summed E-state index contributed by atoms with van der Waals surface area (Å²) in [7, 11) is 0. The van der Waals surface area contributed by atoms with E-state index in [2.05, 4.69) is 57.9 Å². The van der Waals surface area contributed by atoms with Crippen molar-refractivity contribution in [2.75, 3.05) is 13.1 Å². The van der Waals surface area contributed by atoms with Crippen molar-refractivity contribution in [2.24, 2.45) is 23.3 Å². The largest absolute Gasteiger partial charge is 0.330 e. The summed E-state index contributed by atoms with van der Waals surface area (Å²) < 4.78 is 0.994. The van der Waals surface area contributed by atoms with Gasteiger partial charge in [0.15, 0.2) is 10.2 Å². The molecule has 1 heterocycles. The second-order valence-electron chi connectivity index (χ2n) is 6.77. The van der Waals surface area contributed by atoms with Gasteiger partial charge in [0.05, 0.1) is 16.1 Å². The molecule has 1 unspecified atom stereocenters. The molecule has 152 valence electrons. The van der Waals surface area contributed by atoms with Crippen LogP contribution in [0.2, 0.25) is 0 Å². The van der Waals surface area contributed by atoms with Crippen molar-refractivity contribution in [3.8, 4) is 0 Å². The van der Waals surface area contributed by atoms with Gasteiger partial charge in [-0.25, -0.2) is 4.98 Å². The van der Waals surface area contributed by atoms with Crippen molar-refractivity contribution in [3.63, 3.8) is 0 Å². The summed E-state index contributed by atoms with van der Waals surface area (Å²) in [6.07, 6.45) is 0.0330. The third-order valence-electron chi connectivity index (χ3n) is 3.23. The molecule has 0 spiro atoms. The highest BCUT2D eigenvalue weighted by molar-refractivity contribution is 7.97. The van der Waals surface area contributed by atoms with Crippen LogP contribution >= 0.6 is 36.6 Å². The Bertz CT molecular complexity index is 661. The van der Waals surface area contributed by atoms with Crippen molar-refractivity contribution in [2.45, 2.75) is 40.0 Å². The van der Waals surface area contributed by atoms with Crippen LogP contribution in [0.3, 0.4) is 0 Å². The number of thiazole rings is 1. The van der Waals surface area contributed by atoms with Crippen LogP contribution < -0.4 is 11.5 Å². The zero-order chi connectivity index (χ0) is 21.0. The van der Waals surface area contributed by atoms with Crippen LogP contribution in [0.1, 0.15) is 45.0 Å². The number of carbonyl (C=O) groups is 2. The Morgan fingerprint density at radius 3 is 1.89 bits per heavy atom. The molecule has 0 aliphatic heterocycles. The van der Waals surface area contributed by atoms with Gasteiger partial charge in [-0.3, -0.25) is 9.59 Å². The molecule has 0 amide bonds. The average molecular weight is 430 g/mol. The first-order chi connectivity index (χ1) is 12.6. The topological polar surface area (TPSA) is 99.1 Å². The summed E-state index contributed by atoms with van der Waals surface area (Å²) in [6.45, 7) is 10.0. The molecule has 4 N–H and O–H groups in total. The monoisotopic (exact) mass is 429 g/mol. The fourth-order valence-electron chi connectivity index (χ4n) is 1.49. The number of para-hydroxylation sites is 1. The number of carbonyl (C=O) groups excluding carboxylic acids is 2. The van der Waals surface area contributed by atoms with Gasteiger partial charge < -0.3 is 11.5 Å². The lowest BCUT2D eigenvalue weighted by atomic mass is 10.1. The number of nitrogens with two attached hydrogens (primary N) is 2. The van der Waals surface area contributed by atoms with Gasteiger partial charge in [0.25, 0.3) is 0 Å². The Morgan fingerprint density at radius 2 is 1.52 bits per heavy atom. The highest BCUT2D eigenvalue weighted by atomic mass is 32.1. The minimum absolute atomic E-state index is 0.0330. The molecule has 1 aromatic heterocycles. The predicted octanol–water partition coefficient (Wildman–Crippen LogP) is 3.89. The quantitative estimate of drug-likeness (QED) is 0.522. The second-order valence-corrected chi connectivity index (χ2v) is 8.77. The summed E-state index contributed by atoms with van der Waals surface area (Å²) in [6, 6.07) is 7.59. The minimum atomic E-state index is -0.597. The SMILES string of the molecule is CC(C)CN.CC(C)CN.O=C(S)CC(C(=O)S)c1nc2ccccc2s1. The molecule has 1 atom stereocenters. The molecule has 8 heteroatoms. The number of nitrogens with zero attached hydrogens (tertiary/aromatic N) is 1. The molecule has 0 aliphatic rings. The third-order valence-corrected chi connectivity index (χ3v) is 4.87. The summed E-state index contributed by atoms with van der Waals surface area (Å²) in [5, 5.41) is -0.0725. The number of hydrogen-bond acceptors (Lipinski definition) is 6. The van der Waals surface area contributed by atoms with Crippen molar-refractivity contribution < 1.29 is 9.59 Å². The van der Waals surface area contributed by atoms with Crippen LogP contribution in [0.4, 0.5) is 0 Å². The summed E-state index contributed by atoms with van der Waals surface area (Å²) in [5.74, 6) is 0.728. The first kappa shape index (κ1) is 26.1. The predicted molar refractivity (Wildman–Crippen MR) is 123 cm³/mol. The van der Waals surface area contributed by atoms with Gasteiger partial charge in [-0.15, -0.1) is 36.6 Å². The van der Waals surface area contributed by atoms with E-state index in [1.807, 2.05) is 24.3 Å². The summed E-state index contributed by atoms with van der Waals surface area (Å²) in [5.41, 5.74) is 11.2. The molecule has 1 aromatic carbocycles. The highest BCUT2D eigenvalue weighted by Crippen LogP contribution is 2.31. The Balaban J connectivity index is 0.000000563. The molecule has 5 nitrogen and oxygen atoms in total. The van der Waals surface area contributed by atoms with Crippen LogP contribution in [0.5, 0.6) is 0 Å². The van der Waals surface area contributed by atoms with E-state index >= 15 is 0 Å². The van der Waals surface area contributed by atoms with Gasteiger partial charge in [-0.2, -0.15) is 0 Å². The molecule has 27 heavy (non-hydrogen) atoms. The van der Waals surface area contributed by atoms with Crippen molar-refractivity contribution in [1.29, 1.82) is 0 Å². The Morgan fingerprint density at radius 1 is 1.04 bits per heavy atom. The molecule has 2 aromatic rings. The van der Waals surface area contributed by atoms with Gasteiger partial charge in [0.2, 0.25) is 0 Å². The van der Waals surface area contributed by atoms with E-state index in [0.717, 1.165) is 23.3 Å². The maximum absolute atomic E-state index is 11.4. The first-order valence-electron chi connectivity index (χ1n) is 8.82. The lowest BCUT2D eigenvalue weighted by Gasteiger charge is -2.06. The molecule has 0 fully saturated rings. The van der Waals surface area contributed by atoms with Gasteiger partial charge in [-0.05, 0) is 37.1 Å². The standard InChI is InChI=1S/C11H9NO2S3.2C4H11N/c13-9(15)5-6(11(14)16)10-12-7-3-1-2-4-8(7)17-10;2*1-4(2)3-5/h1-4,6H,5H2,(H,13,15)(H,14,16);2*4H,3,5H2,1-2H3. The molecule has 0 radical (unpaired) electrons. The molecular formula is C19H31N3O2S3. The number of hydrogen-bond donors (Lipinski definition) is 4. The number of benzene rings is 1. The molecular weight excluding hydrogens is 398 g/mol. The number of aromatic nitrogens is 1. The van der Waals surface area contributed by atoms with Crippen molar-refractivity contribution >= 4 is 57.0 Å². The van der Waals surface area contributed by atoms with Crippen LogP contribution in [0.15, 0.2) is 24.3 Å². The van der Waals surface area contributed by atoms with E-state index in [1.54, 1.807) is 0 Å². The minimum Gasteiger partial charge on any atom is -0.330 e. The molecule has 0 bridgehead atoms. The van der Waals surface area contributed by atoms with Crippen LogP contribution in [0, 0.1) is 11.8 Å². The molecule has 2 rings (SSSR count). The van der Waals surface area contributed by atoms with E-state index in [4.69, 9.17) is 11.5 Å². The Kier molecular flexibility index (Phi) is 13.6. The van der Waals surface area contributed by atoms with Crippen molar-refractivity contribution in [1.82, 2.24) is 4.98 Å². The summed E-state index contributed by atoms with van der Waals surface area (Å²) >= 11 is 8.91. The van der Waals surface area contributed by atoms with Gasteiger partial charge in [-0.1, -0.05) is 39.8 Å². The van der Waals surface area contributed by atoms with Crippen LogP contribution in [-0.4, -0.2) is 28.3 Å². The van der Waals surface area contributed by atoms with Crippen LogP contribution in [-0.2, 0) is 9.59 Å². The molecule has 0 saturated heterocycles. The highest BCUT2D eigenvalue weighted by Gasteiger charge is 2.23. The maximum atomic E-state index is 11.4. The fraction of sp³-hybridized carbons (Fsp3) is 0.526. The summed E-state index contributed by atoms with van der Waals surface area (Å²) in [4.78, 5) is 26.8. The van der Waals surface area contributed by atoms with Gasteiger partial charge >= 0.3 is 0 Å². The lowest BCUT2D eigenvalue weighted by Crippen LogP contribution is -2.09. The zero-order valence-corrected chi connectivity index (χ0v) is 19.0. The number of thiol groups is 2. The van der Waals surface area contributed by atoms with Gasteiger partial charge in [0.1, 0.15) is 5.01 Å². The van der Waals surface area contributed by atoms with Gasteiger partial charge in [0, 0.05) is 6.42 Å². The smallest absolute Gasteiger partial charge is 0.196 e. The lowest BCUT2D eigenvalue weighted by molar-refractivity contribution is -0.116. The van der Waals surface area contributed by atoms with E-state index in [-0.39, 0.29) is 16.7 Å². The third kappa shape index (κ3) is 11.5. The fourth-order valence-corrected chi connectivity index (χ4v) is 3.04. The van der Waals surface area contributed by atoms with E-state index in [9.17, 15) is 9.59 Å². The van der Waals surface area contributed by atoms with E-state index in [1.165, 1.54) is 11.3 Å². The first-order valence-corrected chi connectivity index (χ1v) is 10.5.